The molecule has 1 aromatic rings. The molecule has 1 aromatic carbocycles. The van der Waals surface area contributed by atoms with Crippen LogP contribution in [-0.2, 0) is 4.79 Å². The molecule has 0 spiro atoms. The molecule has 0 aromatic heterocycles. The standard InChI is InChI=1S/C15H22N2O/c1-10-7-11(2)9-13(8-10)17-15(18)14-5-4-6-16-12(14)3/h7-9,12,14,16H,4-6H2,1-3H3,(H,17,18). The van der Waals surface area contributed by atoms with Gasteiger partial charge in [0.25, 0.3) is 0 Å². The number of piperidine rings is 1. The molecule has 98 valence electrons. The lowest BCUT2D eigenvalue weighted by Crippen LogP contribution is -2.44. The number of hydrogen-bond acceptors (Lipinski definition) is 2. The number of benzene rings is 1. The average molecular weight is 246 g/mol. The van der Waals surface area contributed by atoms with Crippen LogP contribution in [0.3, 0.4) is 0 Å². The summed E-state index contributed by atoms with van der Waals surface area (Å²) in [6, 6.07) is 6.42. The van der Waals surface area contributed by atoms with Crippen molar-refractivity contribution in [3.8, 4) is 0 Å². The van der Waals surface area contributed by atoms with Crippen molar-refractivity contribution < 1.29 is 4.79 Å². The molecule has 2 rings (SSSR count). The molecule has 0 saturated carbocycles. The van der Waals surface area contributed by atoms with Crippen molar-refractivity contribution in [2.75, 3.05) is 11.9 Å². The first-order chi connectivity index (χ1) is 8.56. The van der Waals surface area contributed by atoms with Crippen molar-refractivity contribution in [2.45, 2.75) is 39.7 Å². The first-order valence-corrected chi connectivity index (χ1v) is 6.69. The molecule has 0 radical (unpaired) electrons. The topological polar surface area (TPSA) is 41.1 Å². The van der Waals surface area contributed by atoms with Gasteiger partial charge in [0.2, 0.25) is 5.91 Å². The van der Waals surface area contributed by atoms with Crippen molar-refractivity contribution in [1.29, 1.82) is 0 Å². The second-order valence-electron chi connectivity index (χ2n) is 5.36. The van der Waals surface area contributed by atoms with Crippen LogP contribution >= 0.6 is 0 Å². The third kappa shape index (κ3) is 3.10. The molecule has 2 atom stereocenters. The molecule has 1 fully saturated rings. The maximum atomic E-state index is 12.2. The summed E-state index contributed by atoms with van der Waals surface area (Å²) in [6.45, 7) is 7.21. The van der Waals surface area contributed by atoms with Crippen LogP contribution in [0.1, 0.15) is 30.9 Å². The van der Waals surface area contributed by atoms with Gasteiger partial charge in [-0.2, -0.15) is 0 Å². The minimum Gasteiger partial charge on any atom is -0.326 e. The van der Waals surface area contributed by atoms with Gasteiger partial charge in [0, 0.05) is 11.7 Å². The Balaban J connectivity index is 2.06. The van der Waals surface area contributed by atoms with E-state index in [1.54, 1.807) is 0 Å². The van der Waals surface area contributed by atoms with Gasteiger partial charge in [-0.05, 0) is 63.4 Å². The molecule has 18 heavy (non-hydrogen) atoms. The number of carbonyl (C=O) groups excluding carboxylic acids is 1. The zero-order valence-corrected chi connectivity index (χ0v) is 11.4. The number of rotatable bonds is 2. The summed E-state index contributed by atoms with van der Waals surface area (Å²) in [5, 5.41) is 6.41. The van der Waals surface area contributed by atoms with Gasteiger partial charge in [0.1, 0.15) is 0 Å². The number of nitrogens with one attached hydrogen (secondary N) is 2. The fraction of sp³-hybridized carbons (Fsp3) is 0.533. The Labute approximate surface area is 109 Å². The van der Waals surface area contributed by atoms with Gasteiger partial charge < -0.3 is 10.6 Å². The Morgan fingerprint density at radius 1 is 1.28 bits per heavy atom. The monoisotopic (exact) mass is 246 g/mol. The zero-order chi connectivity index (χ0) is 13.1. The van der Waals surface area contributed by atoms with Crippen molar-refractivity contribution in [2.24, 2.45) is 5.92 Å². The lowest BCUT2D eigenvalue weighted by atomic mass is 9.91. The first kappa shape index (κ1) is 13.1. The van der Waals surface area contributed by atoms with Crippen LogP contribution in [0.25, 0.3) is 0 Å². The summed E-state index contributed by atoms with van der Waals surface area (Å²) in [5.41, 5.74) is 3.27. The smallest absolute Gasteiger partial charge is 0.229 e. The lowest BCUT2D eigenvalue weighted by Gasteiger charge is -2.28. The summed E-state index contributed by atoms with van der Waals surface area (Å²) < 4.78 is 0. The molecule has 3 heteroatoms. The molecule has 2 unspecified atom stereocenters. The van der Waals surface area contributed by atoms with Gasteiger partial charge in [0.05, 0.1) is 5.92 Å². The van der Waals surface area contributed by atoms with Crippen molar-refractivity contribution in [3.05, 3.63) is 29.3 Å². The molecular formula is C15H22N2O. The predicted molar refractivity (Wildman–Crippen MR) is 74.7 cm³/mol. The zero-order valence-electron chi connectivity index (χ0n) is 11.4. The van der Waals surface area contributed by atoms with Gasteiger partial charge in [-0.15, -0.1) is 0 Å². The lowest BCUT2D eigenvalue weighted by molar-refractivity contribution is -0.121. The van der Waals surface area contributed by atoms with E-state index in [-0.39, 0.29) is 17.9 Å². The highest BCUT2D eigenvalue weighted by Gasteiger charge is 2.27. The van der Waals surface area contributed by atoms with E-state index < -0.39 is 0 Å². The SMILES string of the molecule is Cc1cc(C)cc(NC(=O)C2CCCNC2C)c1. The van der Waals surface area contributed by atoms with Gasteiger partial charge >= 0.3 is 0 Å². The van der Waals surface area contributed by atoms with Gasteiger partial charge in [-0.25, -0.2) is 0 Å². The highest BCUT2D eigenvalue weighted by Crippen LogP contribution is 2.20. The average Bonchev–Trinajstić information content (AvgIpc) is 2.27. The first-order valence-electron chi connectivity index (χ1n) is 6.69. The summed E-state index contributed by atoms with van der Waals surface area (Å²) in [5.74, 6) is 0.222. The number of hydrogen-bond donors (Lipinski definition) is 2. The van der Waals surface area contributed by atoms with Crippen LogP contribution in [0.4, 0.5) is 5.69 Å². The third-order valence-electron chi connectivity index (χ3n) is 3.59. The Hall–Kier alpha value is -1.35. The number of anilines is 1. The molecule has 1 saturated heterocycles. The Bertz CT molecular complexity index is 422. The molecule has 3 nitrogen and oxygen atoms in total. The quantitative estimate of drug-likeness (QED) is 0.842. The highest BCUT2D eigenvalue weighted by atomic mass is 16.1. The van der Waals surface area contributed by atoms with Crippen molar-refractivity contribution >= 4 is 11.6 Å². The second-order valence-corrected chi connectivity index (χ2v) is 5.36. The van der Waals surface area contributed by atoms with E-state index in [4.69, 9.17) is 0 Å². The predicted octanol–water partition coefficient (Wildman–Crippen LogP) is 2.63. The minimum atomic E-state index is 0.0829. The van der Waals surface area contributed by atoms with E-state index in [9.17, 15) is 4.79 Å². The largest absolute Gasteiger partial charge is 0.326 e. The van der Waals surface area contributed by atoms with Gasteiger partial charge in [-0.1, -0.05) is 6.07 Å². The van der Waals surface area contributed by atoms with Crippen molar-refractivity contribution in [1.82, 2.24) is 5.32 Å². The van der Waals surface area contributed by atoms with Crippen LogP contribution in [0.15, 0.2) is 18.2 Å². The van der Waals surface area contributed by atoms with Gasteiger partial charge in [0.15, 0.2) is 0 Å². The fourth-order valence-electron chi connectivity index (χ4n) is 2.68. The van der Waals surface area contributed by atoms with E-state index >= 15 is 0 Å². The molecule has 1 aliphatic heterocycles. The molecule has 1 heterocycles. The van der Waals surface area contributed by atoms with Crippen LogP contribution in [0.5, 0.6) is 0 Å². The summed E-state index contributed by atoms with van der Waals surface area (Å²) in [6.07, 6.45) is 2.06. The summed E-state index contributed by atoms with van der Waals surface area (Å²) >= 11 is 0. The Morgan fingerprint density at radius 2 is 1.94 bits per heavy atom. The van der Waals surface area contributed by atoms with Crippen LogP contribution in [-0.4, -0.2) is 18.5 Å². The van der Waals surface area contributed by atoms with Crippen LogP contribution in [0, 0.1) is 19.8 Å². The fourth-order valence-corrected chi connectivity index (χ4v) is 2.68. The molecule has 2 N–H and O–H groups in total. The number of amides is 1. The summed E-state index contributed by atoms with van der Waals surface area (Å²) in [4.78, 5) is 12.2. The maximum absolute atomic E-state index is 12.2. The summed E-state index contributed by atoms with van der Waals surface area (Å²) in [7, 11) is 0. The highest BCUT2D eigenvalue weighted by molar-refractivity contribution is 5.93. The Kier molecular flexibility index (Phi) is 4.02. The van der Waals surface area contributed by atoms with Crippen LogP contribution in [0.2, 0.25) is 0 Å². The van der Waals surface area contributed by atoms with E-state index in [2.05, 4.69) is 23.6 Å². The third-order valence-corrected chi connectivity index (χ3v) is 3.59. The molecule has 1 aliphatic rings. The van der Waals surface area contributed by atoms with Gasteiger partial charge in [-0.3, -0.25) is 4.79 Å². The Morgan fingerprint density at radius 3 is 2.56 bits per heavy atom. The number of aryl methyl sites for hydroxylation is 2. The molecule has 0 bridgehead atoms. The normalized spacial score (nSPS) is 23.7. The number of carbonyl (C=O) groups is 1. The molecular weight excluding hydrogens is 224 g/mol. The van der Waals surface area contributed by atoms with E-state index in [0.717, 1.165) is 25.1 Å². The maximum Gasteiger partial charge on any atom is 0.229 e. The van der Waals surface area contributed by atoms with Crippen LogP contribution < -0.4 is 10.6 Å². The second kappa shape index (κ2) is 5.53. The minimum absolute atomic E-state index is 0.0829. The molecule has 1 amide bonds. The molecule has 0 aliphatic carbocycles. The van der Waals surface area contributed by atoms with E-state index in [0.29, 0.717) is 0 Å². The van der Waals surface area contributed by atoms with E-state index in [1.165, 1.54) is 11.1 Å². The van der Waals surface area contributed by atoms with Crippen molar-refractivity contribution in [3.63, 3.8) is 0 Å². The van der Waals surface area contributed by atoms with E-state index in [1.807, 2.05) is 26.0 Å².